The fourth-order valence-electron chi connectivity index (χ4n) is 0.364. The summed E-state index contributed by atoms with van der Waals surface area (Å²) in [5, 5.41) is 17.0. The monoisotopic (exact) mass is 146 g/mol. The number of ether oxygens (including phenoxy) is 1. The van der Waals surface area contributed by atoms with Crippen LogP contribution in [0.4, 0.5) is 0 Å². The number of aliphatic hydroxyl groups excluding tert-OH is 1. The molecule has 0 aromatic carbocycles. The van der Waals surface area contributed by atoms with E-state index in [4.69, 9.17) is 10.2 Å². The molecule has 0 fully saturated rings. The number of carboxylic acid groups (broad SMARTS) is 1. The van der Waals surface area contributed by atoms with Crippen molar-refractivity contribution < 1.29 is 19.7 Å². The molecule has 0 bridgehead atoms. The van der Waals surface area contributed by atoms with Crippen molar-refractivity contribution in [2.24, 2.45) is 0 Å². The predicted octanol–water partition coefficient (Wildman–Crippen LogP) is -0.0179. The van der Waals surface area contributed by atoms with E-state index in [1.807, 2.05) is 0 Å². The lowest BCUT2D eigenvalue weighted by Crippen LogP contribution is -2.19. The van der Waals surface area contributed by atoms with Crippen LogP contribution < -0.4 is 0 Å². The molecule has 1 unspecified atom stereocenters. The van der Waals surface area contributed by atoms with Gasteiger partial charge in [-0.3, -0.25) is 0 Å². The largest absolute Gasteiger partial charge is 0.478 e. The topological polar surface area (TPSA) is 66.8 Å². The van der Waals surface area contributed by atoms with Crippen molar-refractivity contribution in [2.45, 2.75) is 13.2 Å². The third-order valence-electron chi connectivity index (χ3n) is 0.897. The van der Waals surface area contributed by atoms with E-state index >= 15 is 0 Å². The number of carbonyl (C=O) groups is 1. The Morgan fingerprint density at radius 2 is 2.30 bits per heavy atom. The standard InChI is InChI=1S/C6H10O4/c1-3-10-6(9)4(2)5(7)8/h6,9H,2-3H2,1H3,(H,7,8). The summed E-state index contributed by atoms with van der Waals surface area (Å²) in [5.74, 6) is -1.25. The van der Waals surface area contributed by atoms with E-state index in [0.717, 1.165) is 0 Å². The molecule has 0 heterocycles. The van der Waals surface area contributed by atoms with Gasteiger partial charge in [-0.25, -0.2) is 4.79 Å². The summed E-state index contributed by atoms with van der Waals surface area (Å²) >= 11 is 0. The molecule has 0 aromatic rings. The van der Waals surface area contributed by atoms with E-state index < -0.39 is 12.3 Å². The zero-order valence-corrected chi connectivity index (χ0v) is 5.70. The van der Waals surface area contributed by atoms with Gasteiger partial charge < -0.3 is 14.9 Å². The normalized spacial score (nSPS) is 12.6. The van der Waals surface area contributed by atoms with Crippen LogP contribution in [-0.4, -0.2) is 29.1 Å². The molecule has 0 spiro atoms. The molecule has 2 N–H and O–H groups in total. The first-order chi connectivity index (χ1) is 4.59. The van der Waals surface area contributed by atoms with Gasteiger partial charge in [-0.2, -0.15) is 0 Å². The third-order valence-corrected chi connectivity index (χ3v) is 0.897. The molecule has 0 rings (SSSR count). The van der Waals surface area contributed by atoms with Crippen LogP contribution >= 0.6 is 0 Å². The first-order valence-electron chi connectivity index (χ1n) is 2.81. The second-order valence-corrected chi connectivity index (χ2v) is 1.64. The van der Waals surface area contributed by atoms with Gasteiger partial charge in [0.2, 0.25) is 0 Å². The smallest absolute Gasteiger partial charge is 0.336 e. The lowest BCUT2D eigenvalue weighted by Gasteiger charge is -2.08. The van der Waals surface area contributed by atoms with Crippen LogP contribution in [0.5, 0.6) is 0 Å². The van der Waals surface area contributed by atoms with E-state index in [1.54, 1.807) is 6.92 Å². The molecule has 0 amide bonds. The minimum atomic E-state index is -1.39. The van der Waals surface area contributed by atoms with E-state index in [9.17, 15) is 4.79 Å². The van der Waals surface area contributed by atoms with Gasteiger partial charge in [0.05, 0.1) is 5.57 Å². The van der Waals surface area contributed by atoms with Crippen LogP contribution in [-0.2, 0) is 9.53 Å². The Kier molecular flexibility index (Phi) is 3.68. The minimum absolute atomic E-state index is 0.257. The highest BCUT2D eigenvalue weighted by Crippen LogP contribution is 1.99. The van der Waals surface area contributed by atoms with E-state index in [1.165, 1.54) is 0 Å². The molecule has 0 aromatic heterocycles. The molecule has 0 aliphatic rings. The van der Waals surface area contributed by atoms with Gasteiger partial charge in [0, 0.05) is 6.61 Å². The average Bonchev–Trinajstić information content (AvgIpc) is 1.87. The molecule has 1 atom stereocenters. The number of rotatable bonds is 4. The maximum absolute atomic E-state index is 10.1. The van der Waals surface area contributed by atoms with E-state index in [2.05, 4.69) is 11.3 Å². The molecule has 58 valence electrons. The predicted molar refractivity (Wildman–Crippen MR) is 34.4 cm³/mol. The fourth-order valence-corrected chi connectivity index (χ4v) is 0.364. The summed E-state index contributed by atoms with van der Waals surface area (Å²) in [4.78, 5) is 10.1. The summed E-state index contributed by atoms with van der Waals surface area (Å²) in [7, 11) is 0. The highest BCUT2D eigenvalue weighted by atomic mass is 16.6. The molecule has 0 aliphatic heterocycles. The van der Waals surface area contributed by atoms with Crippen LogP contribution in [0.25, 0.3) is 0 Å². The number of aliphatic carboxylic acids is 1. The molecule has 0 saturated heterocycles. The van der Waals surface area contributed by atoms with Crippen molar-refractivity contribution in [1.29, 1.82) is 0 Å². The Balaban J connectivity index is 3.82. The Bertz CT molecular complexity index is 141. The Hall–Kier alpha value is -0.870. The molecule has 10 heavy (non-hydrogen) atoms. The molecular weight excluding hydrogens is 136 g/mol. The summed E-state index contributed by atoms with van der Waals surface area (Å²) in [6.07, 6.45) is -1.39. The van der Waals surface area contributed by atoms with Crippen molar-refractivity contribution in [1.82, 2.24) is 0 Å². The Morgan fingerprint density at radius 3 is 2.60 bits per heavy atom. The first-order valence-corrected chi connectivity index (χ1v) is 2.81. The second kappa shape index (κ2) is 4.03. The van der Waals surface area contributed by atoms with Crippen molar-refractivity contribution in [3.05, 3.63) is 12.2 Å². The molecule has 4 nitrogen and oxygen atoms in total. The summed E-state index contributed by atoms with van der Waals surface area (Å²) in [6.45, 7) is 5.01. The van der Waals surface area contributed by atoms with Crippen molar-refractivity contribution in [3.63, 3.8) is 0 Å². The molecule has 0 aliphatic carbocycles. The van der Waals surface area contributed by atoms with Gasteiger partial charge in [0.25, 0.3) is 0 Å². The number of hydrogen-bond acceptors (Lipinski definition) is 3. The third kappa shape index (κ3) is 2.61. The first kappa shape index (κ1) is 9.13. The summed E-state index contributed by atoms with van der Waals surface area (Å²) in [6, 6.07) is 0. The highest BCUT2D eigenvalue weighted by Gasteiger charge is 2.14. The minimum Gasteiger partial charge on any atom is -0.478 e. The lowest BCUT2D eigenvalue weighted by atomic mass is 10.3. The summed E-state index contributed by atoms with van der Waals surface area (Å²) in [5.41, 5.74) is -0.346. The zero-order chi connectivity index (χ0) is 8.15. The maximum Gasteiger partial charge on any atom is 0.336 e. The van der Waals surface area contributed by atoms with Gasteiger partial charge in [-0.15, -0.1) is 0 Å². The fraction of sp³-hybridized carbons (Fsp3) is 0.500. The van der Waals surface area contributed by atoms with Gasteiger partial charge in [0.1, 0.15) is 0 Å². The number of hydrogen-bond donors (Lipinski definition) is 2. The second-order valence-electron chi connectivity index (χ2n) is 1.64. The Morgan fingerprint density at radius 1 is 1.80 bits per heavy atom. The number of carboxylic acids is 1. The van der Waals surface area contributed by atoms with Crippen LogP contribution in [0.15, 0.2) is 12.2 Å². The van der Waals surface area contributed by atoms with Crippen LogP contribution in [0.3, 0.4) is 0 Å². The molecule has 0 saturated carbocycles. The van der Waals surface area contributed by atoms with E-state index in [0.29, 0.717) is 0 Å². The number of aliphatic hydroxyl groups is 1. The highest BCUT2D eigenvalue weighted by molar-refractivity contribution is 5.86. The van der Waals surface area contributed by atoms with E-state index in [-0.39, 0.29) is 12.2 Å². The van der Waals surface area contributed by atoms with Crippen LogP contribution in [0.2, 0.25) is 0 Å². The average molecular weight is 146 g/mol. The molecule has 0 radical (unpaired) electrons. The van der Waals surface area contributed by atoms with Crippen LogP contribution in [0.1, 0.15) is 6.92 Å². The molecular formula is C6H10O4. The SMILES string of the molecule is C=C(C(=O)O)C(O)OCC. The lowest BCUT2D eigenvalue weighted by molar-refractivity contribution is -0.139. The van der Waals surface area contributed by atoms with Crippen LogP contribution in [0, 0.1) is 0 Å². The Labute approximate surface area is 58.7 Å². The quantitative estimate of drug-likeness (QED) is 0.432. The summed E-state index contributed by atoms with van der Waals surface area (Å²) < 4.78 is 4.54. The van der Waals surface area contributed by atoms with Crippen molar-refractivity contribution >= 4 is 5.97 Å². The maximum atomic E-state index is 10.1. The van der Waals surface area contributed by atoms with Gasteiger partial charge in [-0.1, -0.05) is 6.58 Å². The van der Waals surface area contributed by atoms with Gasteiger partial charge >= 0.3 is 5.97 Å². The molecule has 4 heteroatoms. The zero-order valence-electron chi connectivity index (χ0n) is 5.70. The van der Waals surface area contributed by atoms with Gasteiger partial charge in [-0.05, 0) is 6.92 Å². The van der Waals surface area contributed by atoms with Gasteiger partial charge in [0.15, 0.2) is 6.29 Å². The van der Waals surface area contributed by atoms with Crippen molar-refractivity contribution in [2.75, 3.05) is 6.61 Å². The van der Waals surface area contributed by atoms with Crippen molar-refractivity contribution in [3.8, 4) is 0 Å².